The maximum atomic E-state index is 13.0. The number of benzene rings is 2. The van der Waals surface area contributed by atoms with E-state index < -0.39 is 0 Å². The molecule has 25 heavy (non-hydrogen) atoms. The third kappa shape index (κ3) is 3.79. The number of hydrogen-bond acceptors (Lipinski definition) is 3. The number of amides is 2. The molecule has 0 unspecified atom stereocenters. The van der Waals surface area contributed by atoms with Crippen molar-refractivity contribution in [3.8, 4) is 0 Å². The molecule has 0 bridgehead atoms. The van der Waals surface area contributed by atoms with Gasteiger partial charge in [0.25, 0.3) is 0 Å². The van der Waals surface area contributed by atoms with E-state index in [4.69, 9.17) is 4.74 Å². The molecular weight excluding hydrogens is 323 g/mol. The summed E-state index contributed by atoms with van der Waals surface area (Å²) in [5.74, 6) is -0.667. The first-order valence-electron chi connectivity index (χ1n) is 8.16. The van der Waals surface area contributed by atoms with Crippen LogP contribution < -0.4 is 4.90 Å². The normalized spacial score (nSPS) is 14.1. The van der Waals surface area contributed by atoms with E-state index >= 15 is 0 Å². The minimum atomic E-state index is -0.375. The number of ether oxygens (including phenoxy) is 1. The SMILES string of the molecule is CCOC(=O)c1ccc(N2CCN(Cc3ccc(F)cc3)C2=O)cc1. The monoisotopic (exact) mass is 342 g/mol. The number of rotatable bonds is 5. The average molecular weight is 342 g/mol. The lowest BCUT2D eigenvalue weighted by molar-refractivity contribution is 0.0526. The number of carbonyl (C=O) groups is 2. The minimum absolute atomic E-state index is 0.104. The summed E-state index contributed by atoms with van der Waals surface area (Å²) in [4.78, 5) is 27.6. The zero-order valence-electron chi connectivity index (χ0n) is 13.9. The molecule has 1 saturated heterocycles. The lowest BCUT2D eigenvalue weighted by atomic mass is 10.2. The number of hydrogen-bond donors (Lipinski definition) is 0. The first-order chi connectivity index (χ1) is 12.1. The van der Waals surface area contributed by atoms with E-state index in [1.165, 1.54) is 12.1 Å². The molecule has 0 spiro atoms. The zero-order chi connectivity index (χ0) is 17.8. The molecule has 0 aliphatic carbocycles. The van der Waals surface area contributed by atoms with Crippen molar-refractivity contribution >= 4 is 17.7 Å². The van der Waals surface area contributed by atoms with E-state index in [1.807, 2.05) is 0 Å². The summed E-state index contributed by atoms with van der Waals surface area (Å²) in [6, 6.07) is 12.8. The van der Waals surface area contributed by atoms with Crippen molar-refractivity contribution in [2.75, 3.05) is 24.6 Å². The van der Waals surface area contributed by atoms with Gasteiger partial charge in [0.15, 0.2) is 0 Å². The maximum absolute atomic E-state index is 13.0. The van der Waals surface area contributed by atoms with E-state index in [-0.39, 0.29) is 17.8 Å². The van der Waals surface area contributed by atoms with Gasteiger partial charge in [0.2, 0.25) is 0 Å². The number of halogens is 1. The Balaban J connectivity index is 1.67. The van der Waals surface area contributed by atoms with Gasteiger partial charge in [-0.05, 0) is 48.9 Å². The second-order valence-corrected chi connectivity index (χ2v) is 5.75. The highest BCUT2D eigenvalue weighted by molar-refractivity contribution is 5.95. The Morgan fingerprint density at radius 2 is 1.76 bits per heavy atom. The number of urea groups is 1. The fraction of sp³-hybridized carbons (Fsp3) is 0.263. The smallest absolute Gasteiger partial charge is 0.338 e. The van der Waals surface area contributed by atoms with Gasteiger partial charge in [0, 0.05) is 25.3 Å². The van der Waals surface area contributed by atoms with E-state index in [9.17, 15) is 14.0 Å². The van der Waals surface area contributed by atoms with Crippen LogP contribution in [0.5, 0.6) is 0 Å². The van der Waals surface area contributed by atoms with Crippen LogP contribution >= 0.6 is 0 Å². The Morgan fingerprint density at radius 3 is 2.40 bits per heavy atom. The van der Waals surface area contributed by atoms with Crippen LogP contribution in [0.1, 0.15) is 22.8 Å². The Hall–Kier alpha value is -2.89. The molecule has 6 heteroatoms. The van der Waals surface area contributed by atoms with Crippen LogP contribution in [0.2, 0.25) is 0 Å². The van der Waals surface area contributed by atoms with Crippen molar-refractivity contribution in [3.05, 3.63) is 65.5 Å². The van der Waals surface area contributed by atoms with Gasteiger partial charge >= 0.3 is 12.0 Å². The molecule has 2 aromatic carbocycles. The minimum Gasteiger partial charge on any atom is -0.462 e. The summed E-state index contributed by atoms with van der Waals surface area (Å²) in [5.41, 5.74) is 2.08. The molecular formula is C19H19FN2O3. The van der Waals surface area contributed by atoms with E-state index in [1.54, 1.807) is 53.1 Å². The Labute approximate surface area is 145 Å². The standard InChI is InChI=1S/C19H19FN2O3/c1-2-25-18(23)15-5-9-17(10-6-15)22-12-11-21(19(22)24)13-14-3-7-16(20)8-4-14/h3-10H,2,11-13H2,1H3. The molecule has 1 heterocycles. The predicted octanol–water partition coefficient (Wildman–Crippen LogP) is 3.44. The lowest BCUT2D eigenvalue weighted by Gasteiger charge is -2.19. The van der Waals surface area contributed by atoms with Gasteiger partial charge in [-0.25, -0.2) is 14.0 Å². The van der Waals surface area contributed by atoms with Crippen molar-refractivity contribution in [2.24, 2.45) is 0 Å². The molecule has 5 nitrogen and oxygen atoms in total. The van der Waals surface area contributed by atoms with Crippen molar-refractivity contribution in [1.29, 1.82) is 0 Å². The van der Waals surface area contributed by atoms with Crippen LogP contribution in [0.4, 0.5) is 14.9 Å². The molecule has 0 saturated carbocycles. The summed E-state index contributed by atoms with van der Waals surface area (Å²) in [6.07, 6.45) is 0. The Kier molecular flexibility index (Phi) is 4.97. The molecule has 2 amide bonds. The second kappa shape index (κ2) is 7.34. The molecule has 1 aliphatic heterocycles. The zero-order valence-corrected chi connectivity index (χ0v) is 13.9. The van der Waals surface area contributed by atoms with Crippen LogP contribution in [0, 0.1) is 5.82 Å². The summed E-state index contributed by atoms with van der Waals surface area (Å²) < 4.78 is 17.9. The van der Waals surface area contributed by atoms with Crippen LogP contribution in [0.3, 0.4) is 0 Å². The molecule has 2 aromatic rings. The van der Waals surface area contributed by atoms with Gasteiger partial charge in [0.1, 0.15) is 5.82 Å². The molecule has 0 atom stereocenters. The van der Waals surface area contributed by atoms with Gasteiger partial charge in [-0.1, -0.05) is 12.1 Å². The van der Waals surface area contributed by atoms with Gasteiger partial charge in [-0.3, -0.25) is 4.90 Å². The van der Waals surface area contributed by atoms with Crippen LogP contribution in [0.25, 0.3) is 0 Å². The van der Waals surface area contributed by atoms with Gasteiger partial charge in [-0.15, -0.1) is 0 Å². The van der Waals surface area contributed by atoms with Crippen molar-refractivity contribution in [1.82, 2.24) is 4.90 Å². The van der Waals surface area contributed by atoms with Gasteiger partial charge < -0.3 is 9.64 Å². The maximum Gasteiger partial charge on any atom is 0.338 e. The van der Waals surface area contributed by atoms with Gasteiger partial charge in [-0.2, -0.15) is 0 Å². The number of nitrogens with zero attached hydrogens (tertiary/aromatic N) is 2. The molecule has 130 valence electrons. The van der Waals surface area contributed by atoms with Gasteiger partial charge in [0.05, 0.1) is 12.2 Å². The fourth-order valence-corrected chi connectivity index (χ4v) is 2.77. The Morgan fingerprint density at radius 1 is 1.08 bits per heavy atom. The summed E-state index contributed by atoms with van der Waals surface area (Å²) in [5, 5.41) is 0. The van der Waals surface area contributed by atoms with Crippen molar-refractivity contribution < 1.29 is 18.7 Å². The highest BCUT2D eigenvalue weighted by Crippen LogP contribution is 2.22. The van der Waals surface area contributed by atoms with Crippen molar-refractivity contribution in [3.63, 3.8) is 0 Å². The topological polar surface area (TPSA) is 49.9 Å². The van der Waals surface area contributed by atoms with Crippen molar-refractivity contribution in [2.45, 2.75) is 13.5 Å². The van der Waals surface area contributed by atoms with E-state index in [2.05, 4.69) is 0 Å². The highest BCUT2D eigenvalue weighted by atomic mass is 19.1. The van der Waals surface area contributed by atoms with E-state index in [0.29, 0.717) is 31.8 Å². The number of anilines is 1. The molecule has 0 radical (unpaired) electrons. The third-order valence-corrected chi connectivity index (χ3v) is 4.07. The van der Waals surface area contributed by atoms with Crippen LogP contribution in [-0.4, -0.2) is 36.6 Å². The first kappa shape index (κ1) is 17.0. The molecule has 1 aliphatic rings. The first-order valence-corrected chi connectivity index (χ1v) is 8.16. The summed E-state index contributed by atoms with van der Waals surface area (Å²) in [7, 11) is 0. The molecule has 0 aromatic heterocycles. The summed E-state index contributed by atoms with van der Waals surface area (Å²) >= 11 is 0. The number of carbonyl (C=O) groups excluding carboxylic acids is 2. The molecule has 3 rings (SSSR count). The van der Waals surface area contributed by atoms with Crippen LogP contribution in [0.15, 0.2) is 48.5 Å². The summed E-state index contributed by atoms with van der Waals surface area (Å²) in [6.45, 7) is 3.68. The van der Waals surface area contributed by atoms with Crippen LogP contribution in [-0.2, 0) is 11.3 Å². The van der Waals surface area contributed by atoms with E-state index in [0.717, 1.165) is 11.3 Å². The third-order valence-electron chi connectivity index (χ3n) is 4.07. The molecule has 0 N–H and O–H groups in total. The quantitative estimate of drug-likeness (QED) is 0.782. The number of esters is 1. The second-order valence-electron chi connectivity index (χ2n) is 5.75. The molecule has 1 fully saturated rings. The average Bonchev–Trinajstić information content (AvgIpc) is 2.98. The highest BCUT2D eigenvalue weighted by Gasteiger charge is 2.29. The lowest BCUT2D eigenvalue weighted by Crippen LogP contribution is -2.31. The largest absolute Gasteiger partial charge is 0.462 e. The fourth-order valence-electron chi connectivity index (χ4n) is 2.77. The predicted molar refractivity (Wildman–Crippen MR) is 92.0 cm³/mol. The Bertz CT molecular complexity index is 759.